The van der Waals surface area contributed by atoms with Gasteiger partial charge in [0, 0.05) is 50.9 Å². The van der Waals surface area contributed by atoms with Crippen LogP contribution in [-0.4, -0.2) is 87.4 Å². The Balaban J connectivity index is 1.07. The van der Waals surface area contributed by atoms with Crippen molar-refractivity contribution in [3.8, 4) is 0 Å². The number of halogens is 2. The molecule has 1 N–H and O–H groups in total. The molecular weight excluding hydrogens is 491 g/mol. The lowest BCUT2D eigenvalue weighted by Crippen LogP contribution is -2.54. The number of carbonyl (C=O) groups is 2. The van der Waals surface area contributed by atoms with Crippen LogP contribution >= 0.6 is 23.2 Å². The van der Waals surface area contributed by atoms with E-state index in [4.69, 9.17) is 27.9 Å². The molecule has 0 saturated carbocycles. The summed E-state index contributed by atoms with van der Waals surface area (Å²) in [6.45, 7) is 4.48. The van der Waals surface area contributed by atoms with Crippen molar-refractivity contribution in [1.82, 2.24) is 30.1 Å². The lowest BCUT2D eigenvalue weighted by molar-refractivity contribution is 0.0401. The number of hydrogen-bond acceptors (Lipinski definition) is 6. The van der Waals surface area contributed by atoms with Gasteiger partial charge in [-0.25, -0.2) is 4.79 Å². The Bertz CT molecular complexity index is 1220. The molecule has 5 rings (SSSR count). The minimum absolute atomic E-state index is 0.0223. The topological polar surface area (TPSA) is 94.7 Å². The van der Waals surface area contributed by atoms with Crippen LogP contribution in [0.2, 0.25) is 10.0 Å². The molecule has 0 radical (unpaired) electrons. The number of nitrogens with one attached hydrogen (secondary N) is 1. The molecule has 0 atom stereocenters. The molecule has 2 aliphatic heterocycles. The first-order valence-electron chi connectivity index (χ1n) is 11.7. The average molecular weight is 517 g/mol. The highest BCUT2D eigenvalue weighted by molar-refractivity contribution is 6.42. The molecule has 0 aliphatic carbocycles. The van der Waals surface area contributed by atoms with Gasteiger partial charge in [0.05, 0.1) is 15.6 Å². The highest BCUT2D eigenvalue weighted by Gasteiger charge is 2.31. The molecule has 2 saturated heterocycles. The zero-order valence-corrected chi connectivity index (χ0v) is 20.6. The molecule has 9 nitrogen and oxygen atoms in total. The van der Waals surface area contributed by atoms with E-state index in [2.05, 4.69) is 20.3 Å². The number of fused-ring (bicyclic) bond motifs is 1. The molecule has 3 aromatic rings. The summed E-state index contributed by atoms with van der Waals surface area (Å²) in [5.41, 5.74) is 2.94. The fourth-order valence-electron chi connectivity index (χ4n) is 4.73. The Kier molecular flexibility index (Phi) is 7.08. The summed E-state index contributed by atoms with van der Waals surface area (Å²) in [6.07, 6.45) is 1.46. The second-order valence-electron chi connectivity index (χ2n) is 8.89. The van der Waals surface area contributed by atoms with Crippen LogP contribution in [0.25, 0.3) is 11.0 Å². The first-order valence-corrected chi connectivity index (χ1v) is 12.4. The van der Waals surface area contributed by atoms with Gasteiger partial charge in [-0.05, 0) is 48.7 Å². The molecule has 0 unspecified atom stereocenters. The van der Waals surface area contributed by atoms with Crippen molar-refractivity contribution in [3.63, 3.8) is 0 Å². The monoisotopic (exact) mass is 516 g/mol. The van der Waals surface area contributed by atoms with Gasteiger partial charge in [0.25, 0.3) is 5.91 Å². The smallest absolute Gasteiger partial charge is 0.410 e. The zero-order valence-electron chi connectivity index (χ0n) is 19.1. The summed E-state index contributed by atoms with van der Waals surface area (Å²) >= 11 is 12.0. The Morgan fingerprint density at radius 1 is 0.943 bits per heavy atom. The van der Waals surface area contributed by atoms with Crippen LogP contribution in [0.5, 0.6) is 0 Å². The third kappa shape index (κ3) is 5.37. The number of ether oxygens (including phenoxy) is 1. The van der Waals surface area contributed by atoms with E-state index in [9.17, 15) is 9.59 Å². The van der Waals surface area contributed by atoms with Crippen LogP contribution in [0.15, 0.2) is 36.4 Å². The van der Waals surface area contributed by atoms with Crippen LogP contribution in [0.4, 0.5) is 4.79 Å². The van der Waals surface area contributed by atoms with Crippen molar-refractivity contribution in [2.45, 2.75) is 25.5 Å². The molecule has 1 aromatic heterocycles. The minimum Gasteiger partial charge on any atom is -0.445 e. The summed E-state index contributed by atoms with van der Waals surface area (Å²) in [4.78, 5) is 31.5. The number of aromatic amines is 1. The number of amides is 2. The zero-order chi connectivity index (χ0) is 24.4. The molecule has 2 aromatic carbocycles. The molecule has 3 heterocycles. The van der Waals surface area contributed by atoms with Crippen LogP contribution in [0.3, 0.4) is 0 Å². The van der Waals surface area contributed by atoms with E-state index >= 15 is 0 Å². The highest BCUT2D eigenvalue weighted by Crippen LogP contribution is 2.24. The van der Waals surface area contributed by atoms with Gasteiger partial charge in [-0.2, -0.15) is 0 Å². The van der Waals surface area contributed by atoms with Gasteiger partial charge in [-0.15, -0.1) is 5.10 Å². The lowest BCUT2D eigenvalue weighted by Gasteiger charge is -2.42. The number of aromatic nitrogens is 3. The van der Waals surface area contributed by atoms with Crippen LogP contribution in [0, 0.1) is 0 Å². The van der Waals surface area contributed by atoms with Crippen molar-refractivity contribution >= 4 is 46.2 Å². The van der Waals surface area contributed by atoms with E-state index in [0.29, 0.717) is 53.3 Å². The van der Waals surface area contributed by atoms with Gasteiger partial charge in [-0.3, -0.25) is 14.8 Å². The summed E-state index contributed by atoms with van der Waals surface area (Å²) in [5.74, 6) is 0.0223. The van der Waals surface area contributed by atoms with Crippen molar-refractivity contribution in [1.29, 1.82) is 0 Å². The standard InChI is InChI=1S/C24H26Cl2N6O3/c25-19-3-1-16(13-20(19)26)15-35-24(34)32-7-5-18(6-8-32)30-9-11-31(12-10-30)23(33)17-2-4-21-22(14-17)28-29-27-21/h1-4,13-14,18H,5-12,15H2,(H,27,28,29). The van der Waals surface area contributed by atoms with Crippen LogP contribution < -0.4 is 0 Å². The number of likely N-dealkylation sites (tertiary alicyclic amines) is 1. The van der Waals surface area contributed by atoms with E-state index in [-0.39, 0.29) is 18.6 Å². The number of piperazine rings is 1. The number of piperidine rings is 1. The second kappa shape index (κ2) is 10.4. The third-order valence-electron chi connectivity index (χ3n) is 6.76. The van der Waals surface area contributed by atoms with Gasteiger partial charge in [0.1, 0.15) is 12.1 Å². The summed E-state index contributed by atoms with van der Waals surface area (Å²) < 4.78 is 5.46. The van der Waals surface area contributed by atoms with Gasteiger partial charge < -0.3 is 14.5 Å². The Morgan fingerprint density at radius 3 is 2.46 bits per heavy atom. The number of carbonyl (C=O) groups excluding carboxylic acids is 2. The highest BCUT2D eigenvalue weighted by atomic mass is 35.5. The molecule has 35 heavy (non-hydrogen) atoms. The molecule has 0 bridgehead atoms. The molecule has 2 amide bonds. The quantitative estimate of drug-likeness (QED) is 0.566. The molecule has 0 spiro atoms. The van der Waals surface area contributed by atoms with Gasteiger partial charge in [-0.1, -0.05) is 34.5 Å². The van der Waals surface area contributed by atoms with Crippen LogP contribution in [-0.2, 0) is 11.3 Å². The van der Waals surface area contributed by atoms with Crippen molar-refractivity contribution in [2.24, 2.45) is 0 Å². The first-order chi connectivity index (χ1) is 17.0. The van der Waals surface area contributed by atoms with E-state index < -0.39 is 0 Å². The number of hydrogen-bond donors (Lipinski definition) is 1. The summed E-state index contributed by atoms with van der Waals surface area (Å²) in [6, 6.07) is 11.0. The maximum absolute atomic E-state index is 12.9. The van der Waals surface area contributed by atoms with E-state index in [1.807, 2.05) is 17.0 Å². The molecular formula is C24H26Cl2N6O3. The van der Waals surface area contributed by atoms with Crippen molar-refractivity contribution < 1.29 is 14.3 Å². The molecule has 2 aliphatic rings. The second-order valence-corrected chi connectivity index (χ2v) is 9.71. The maximum Gasteiger partial charge on any atom is 0.410 e. The van der Waals surface area contributed by atoms with E-state index in [1.165, 1.54) is 0 Å². The lowest BCUT2D eigenvalue weighted by atomic mass is 10.0. The fourth-order valence-corrected chi connectivity index (χ4v) is 5.05. The number of rotatable bonds is 4. The SMILES string of the molecule is O=C(OCc1ccc(Cl)c(Cl)c1)N1CCC(N2CCN(C(=O)c3ccc4[nH]nnc4c3)CC2)CC1. The summed E-state index contributed by atoms with van der Waals surface area (Å²) in [5, 5.41) is 11.5. The third-order valence-corrected chi connectivity index (χ3v) is 7.50. The largest absolute Gasteiger partial charge is 0.445 e. The predicted octanol–water partition coefficient (Wildman–Crippen LogP) is 3.82. The molecule has 11 heteroatoms. The maximum atomic E-state index is 12.9. The number of benzene rings is 2. The van der Waals surface area contributed by atoms with Crippen LogP contribution in [0.1, 0.15) is 28.8 Å². The Hall–Kier alpha value is -2.88. The first kappa shape index (κ1) is 23.8. The molecule has 184 valence electrons. The fraction of sp³-hybridized carbons (Fsp3) is 0.417. The van der Waals surface area contributed by atoms with Crippen molar-refractivity contribution in [2.75, 3.05) is 39.3 Å². The van der Waals surface area contributed by atoms with Gasteiger partial charge in [0.15, 0.2) is 0 Å². The van der Waals surface area contributed by atoms with E-state index in [1.54, 1.807) is 29.2 Å². The summed E-state index contributed by atoms with van der Waals surface area (Å²) in [7, 11) is 0. The number of nitrogens with zero attached hydrogens (tertiary/aromatic N) is 5. The van der Waals surface area contributed by atoms with Gasteiger partial charge >= 0.3 is 6.09 Å². The predicted molar refractivity (Wildman–Crippen MR) is 133 cm³/mol. The number of H-pyrrole nitrogens is 1. The molecule has 2 fully saturated rings. The minimum atomic E-state index is -0.311. The van der Waals surface area contributed by atoms with Gasteiger partial charge in [0.2, 0.25) is 0 Å². The normalized spacial score (nSPS) is 17.7. The Labute approximate surface area is 212 Å². The average Bonchev–Trinajstić information content (AvgIpc) is 3.37. The van der Waals surface area contributed by atoms with Crippen molar-refractivity contribution in [3.05, 3.63) is 57.6 Å². The van der Waals surface area contributed by atoms with E-state index in [0.717, 1.165) is 37.0 Å². The Morgan fingerprint density at radius 2 is 1.71 bits per heavy atom.